The summed E-state index contributed by atoms with van der Waals surface area (Å²) in [5, 5.41) is 4.14. The first kappa shape index (κ1) is 16.8. The van der Waals surface area contributed by atoms with E-state index in [2.05, 4.69) is 5.10 Å². The number of aromatic nitrogens is 2. The Bertz CT molecular complexity index is 509. The molecule has 0 aromatic carbocycles. The highest BCUT2D eigenvalue weighted by atomic mass is 16.6. The molecule has 1 aliphatic rings. The molecule has 2 rings (SSSR count). The van der Waals surface area contributed by atoms with E-state index in [1.807, 2.05) is 34.0 Å². The SMILES string of the molecule is Cn1cc(CC(N)C2COCCN2C(=O)OC(C)(C)C)cn1. The van der Waals surface area contributed by atoms with Crippen LogP contribution < -0.4 is 5.73 Å². The van der Waals surface area contributed by atoms with Crippen LogP contribution in [0.3, 0.4) is 0 Å². The minimum absolute atomic E-state index is 0.191. The van der Waals surface area contributed by atoms with Gasteiger partial charge in [0, 0.05) is 25.8 Å². The van der Waals surface area contributed by atoms with Crippen LogP contribution in [0.1, 0.15) is 26.3 Å². The third kappa shape index (κ3) is 4.45. The van der Waals surface area contributed by atoms with Gasteiger partial charge in [0.25, 0.3) is 0 Å². The lowest BCUT2D eigenvalue weighted by Gasteiger charge is -2.39. The molecule has 124 valence electrons. The van der Waals surface area contributed by atoms with Crippen molar-refractivity contribution in [2.75, 3.05) is 19.8 Å². The van der Waals surface area contributed by atoms with E-state index in [1.54, 1.807) is 15.8 Å². The summed E-state index contributed by atoms with van der Waals surface area (Å²) in [7, 11) is 1.87. The van der Waals surface area contributed by atoms with Crippen molar-refractivity contribution in [1.29, 1.82) is 0 Å². The number of nitrogens with two attached hydrogens (primary N) is 1. The summed E-state index contributed by atoms with van der Waals surface area (Å²) in [6, 6.07) is -0.416. The number of hydrogen-bond donors (Lipinski definition) is 1. The smallest absolute Gasteiger partial charge is 0.410 e. The van der Waals surface area contributed by atoms with Crippen molar-refractivity contribution in [3.63, 3.8) is 0 Å². The monoisotopic (exact) mass is 310 g/mol. The Kier molecular flexibility index (Phi) is 5.08. The largest absolute Gasteiger partial charge is 0.444 e. The van der Waals surface area contributed by atoms with E-state index < -0.39 is 5.60 Å². The van der Waals surface area contributed by atoms with Crippen molar-refractivity contribution in [2.24, 2.45) is 12.8 Å². The Morgan fingerprint density at radius 3 is 2.91 bits per heavy atom. The molecule has 1 aliphatic heterocycles. The van der Waals surface area contributed by atoms with Crippen LogP contribution in [0.25, 0.3) is 0 Å². The second-order valence-electron chi connectivity index (χ2n) is 6.71. The van der Waals surface area contributed by atoms with E-state index in [1.165, 1.54) is 0 Å². The molecule has 0 bridgehead atoms. The molecule has 1 fully saturated rings. The first-order chi connectivity index (χ1) is 10.3. The van der Waals surface area contributed by atoms with Gasteiger partial charge >= 0.3 is 6.09 Å². The molecule has 2 atom stereocenters. The second kappa shape index (κ2) is 6.66. The Morgan fingerprint density at radius 1 is 1.59 bits per heavy atom. The number of morpholine rings is 1. The number of rotatable bonds is 3. The molecule has 1 amide bonds. The van der Waals surface area contributed by atoms with Crippen molar-refractivity contribution < 1.29 is 14.3 Å². The molecule has 2 unspecified atom stereocenters. The first-order valence-electron chi connectivity index (χ1n) is 7.57. The number of ether oxygens (including phenoxy) is 2. The first-order valence-corrected chi connectivity index (χ1v) is 7.57. The zero-order valence-corrected chi connectivity index (χ0v) is 13.8. The normalized spacial score (nSPS) is 20.8. The number of nitrogens with zero attached hydrogens (tertiary/aromatic N) is 3. The quantitative estimate of drug-likeness (QED) is 0.898. The minimum atomic E-state index is -0.520. The lowest BCUT2D eigenvalue weighted by molar-refractivity contribution is -0.0378. The average Bonchev–Trinajstić information content (AvgIpc) is 2.82. The topological polar surface area (TPSA) is 82.6 Å². The van der Waals surface area contributed by atoms with Gasteiger partial charge in [-0.05, 0) is 32.8 Å². The highest BCUT2D eigenvalue weighted by molar-refractivity contribution is 5.68. The van der Waals surface area contributed by atoms with Crippen LogP contribution in [0.15, 0.2) is 12.4 Å². The van der Waals surface area contributed by atoms with Gasteiger partial charge < -0.3 is 15.2 Å². The zero-order valence-electron chi connectivity index (χ0n) is 13.8. The van der Waals surface area contributed by atoms with Gasteiger partial charge in [0.15, 0.2) is 0 Å². The molecule has 22 heavy (non-hydrogen) atoms. The van der Waals surface area contributed by atoms with Gasteiger partial charge in [0.05, 0.1) is 25.5 Å². The van der Waals surface area contributed by atoms with Crippen LogP contribution in [0.2, 0.25) is 0 Å². The van der Waals surface area contributed by atoms with Crippen LogP contribution in [0.5, 0.6) is 0 Å². The van der Waals surface area contributed by atoms with Crippen molar-refractivity contribution in [3.8, 4) is 0 Å². The molecule has 7 nitrogen and oxygen atoms in total. The second-order valence-corrected chi connectivity index (χ2v) is 6.71. The molecule has 2 heterocycles. The van der Waals surface area contributed by atoms with Gasteiger partial charge in [-0.15, -0.1) is 0 Å². The van der Waals surface area contributed by atoms with Gasteiger partial charge in [0.1, 0.15) is 5.60 Å². The summed E-state index contributed by atoms with van der Waals surface area (Å²) < 4.78 is 12.7. The highest BCUT2D eigenvalue weighted by Crippen LogP contribution is 2.17. The highest BCUT2D eigenvalue weighted by Gasteiger charge is 2.34. The predicted molar refractivity (Wildman–Crippen MR) is 82.4 cm³/mol. The number of aryl methyl sites for hydroxylation is 1. The maximum Gasteiger partial charge on any atom is 0.410 e. The molecular weight excluding hydrogens is 284 g/mol. The number of hydrogen-bond acceptors (Lipinski definition) is 5. The molecule has 0 aliphatic carbocycles. The number of carbonyl (C=O) groups is 1. The fourth-order valence-electron chi connectivity index (χ4n) is 2.51. The van der Waals surface area contributed by atoms with Gasteiger partial charge in [-0.2, -0.15) is 5.10 Å². The van der Waals surface area contributed by atoms with Crippen LogP contribution in [0.4, 0.5) is 4.79 Å². The summed E-state index contributed by atoms with van der Waals surface area (Å²) in [4.78, 5) is 14.1. The zero-order chi connectivity index (χ0) is 16.3. The van der Waals surface area contributed by atoms with E-state index in [9.17, 15) is 4.79 Å². The number of carbonyl (C=O) groups excluding carboxylic acids is 1. The Labute approximate surface area is 131 Å². The van der Waals surface area contributed by atoms with E-state index >= 15 is 0 Å². The van der Waals surface area contributed by atoms with Crippen LogP contribution in [0, 0.1) is 0 Å². The molecule has 1 aromatic heterocycles. The maximum absolute atomic E-state index is 12.4. The van der Waals surface area contributed by atoms with Crippen LogP contribution >= 0.6 is 0 Å². The fourth-order valence-corrected chi connectivity index (χ4v) is 2.51. The van der Waals surface area contributed by atoms with Gasteiger partial charge in [-0.25, -0.2) is 4.79 Å². The van der Waals surface area contributed by atoms with Gasteiger partial charge in [-0.1, -0.05) is 0 Å². The maximum atomic E-state index is 12.4. The average molecular weight is 310 g/mol. The molecular formula is C15H26N4O3. The van der Waals surface area contributed by atoms with Crippen molar-refractivity contribution in [1.82, 2.24) is 14.7 Å². The molecule has 7 heteroatoms. The van der Waals surface area contributed by atoms with Gasteiger partial charge in [-0.3, -0.25) is 9.58 Å². The van der Waals surface area contributed by atoms with E-state index in [0.717, 1.165) is 5.56 Å². The molecule has 0 radical (unpaired) electrons. The van der Waals surface area contributed by atoms with E-state index in [0.29, 0.717) is 26.2 Å². The molecule has 1 saturated heterocycles. The molecule has 0 spiro atoms. The minimum Gasteiger partial charge on any atom is -0.444 e. The Hall–Kier alpha value is -1.60. The summed E-state index contributed by atoms with van der Waals surface area (Å²) in [6.07, 6.45) is 4.03. The molecule has 2 N–H and O–H groups in total. The van der Waals surface area contributed by atoms with E-state index in [-0.39, 0.29) is 18.2 Å². The Balaban J connectivity index is 2.03. The fraction of sp³-hybridized carbons (Fsp3) is 0.733. The van der Waals surface area contributed by atoms with E-state index in [4.69, 9.17) is 15.2 Å². The lowest BCUT2D eigenvalue weighted by Crippen LogP contribution is -2.58. The van der Waals surface area contributed by atoms with Crippen molar-refractivity contribution in [3.05, 3.63) is 18.0 Å². The third-order valence-corrected chi connectivity index (χ3v) is 3.52. The molecule has 1 aromatic rings. The predicted octanol–water partition coefficient (Wildman–Crippen LogP) is 0.926. The van der Waals surface area contributed by atoms with Crippen LogP contribution in [-0.2, 0) is 22.9 Å². The Morgan fingerprint density at radius 2 is 2.32 bits per heavy atom. The standard InChI is InChI=1S/C15H26N4O3/c1-15(2,3)22-14(20)19-5-6-21-10-13(19)12(16)7-11-8-17-18(4)9-11/h8-9,12-13H,5-7,10,16H2,1-4H3. The van der Waals surface area contributed by atoms with Gasteiger partial charge in [0.2, 0.25) is 0 Å². The lowest BCUT2D eigenvalue weighted by atomic mass is 10.0. The van der Waals surface area contributed by atoms with Crippen molar-refractivity contribution in [2.45, 2.75) is 44.9 Å². The van der Waals surface area contributed by atoms with Crippen molar-refractivity contribution >= 4 is 6.09 Å². The summed E-state index contributed by atoms with van der Waals surface area (Å²) in [6.45, 7) is 7.01. The van der Waals surface area contributed by atoms with Crippen LogP contribution in [-0.4, -0.2) is 58.2 Å². The molecule has 0 saturated carbocycles. The summed E-state index contributed by atoms with van der Waals surface area (Å²) in [5.41, 5.74) is 6.84. The summed E-state index contributed by atoms with van der Waals surface area (Å²) in [5.74, 6) is 0. The third-order valence-electron chi connectivity index (χ3n) is 3.52. The summed E-state index contributed by atoms with van der Waals surface area (Å²) >= 11 is 0. The number of amides is 1.